The topological polar surface area (TPSA) is 90.8 Å². The number of nitrogens with one attached hydrogen (secondary N) is 2. The predicted octanol–water partition coefficient (Wildman–Crippen LogP) is 5.11. The molecule has 28 heavy (non-hydrogen) atoms. The van der Waals surface area contributed by atoms with Crippen molar-refractivity contribution < 1.29 is 19.7 Å². The lowest BCUT2D eigenvalue weighted by molar-refractivity contribution is -0.114. The number of hydrogen-bond acceptors (Lipinski definition) is 5. The van der Waals surface area contributed by atoms with Crippen LogP contribution in [0, 0.1) is 0 Å². The monoisotopic (exact) mass is 398 g/mol. The minimum Gasteiger partial charge on any atom is -0.508 e. The van der Waals surface area contributed by atoms with Gasteiger partial charge in [0.25, 0.3) is 0 Å². The molecule has 0 atom stereocenters. The van der Waals surface area contributed by atoms with Crippen LogP contribution in [-0.2, 0) is 11.3 Å². The van der Waals surface area contributed by atoms with Gasteiger partial charge in [-0.1, -0.05) is 23.7 Å². The van der Waals surface area contributed by atoms with Gasteiger partial charge >= 0.3 is 0 Å². The molecule has 0 bridgehead atoms. The molecule has 6 nitrogen and oxygen atoms in total. The zero-order chi connectivity index (χ0) is 20.1. The van der Waals surface area contributed by atoms with Crippen LogP contribution in [-0.4, -0.2) is 16.1 Å². The third-order valence-electron chi connectivity index (χ3n) is 3.89. The molecule has 0 aliphatic rings. The maximum absolute atomic E-state index is 11.4. The number of phenols is 2. The first-order chi connectivity index (χ1) is 13.4. The number of phenolic OH excluding ortho intramolecular Hbond substituents is 2. The fourth-order valence-corrected chi connectivity index (χ4v) is 2.83. The molecule has 0 spiro atoms. The Labute approximate surface area is 167 Å². The highest BCUT2D eigenvalue weighted by molar-refractivity contribution is 6.32. The van der Waals surface area contributed by atoms with E-state index in [0.717, 1.165) is 0 Å². The van der Waals surface area contributed by atoms with Crippen LogP contribution < -0.4 is 15.4 Å². The fourth-order valence-electron chi connectivity index (χ4n) is 2.62. The molecule has 4 N–H and O–H groups in total. The van der Waals surface area contributed by atoms with Gasteiger partial charge in [0, 0.05) is 25.2 Å². The van der Waals surface area contributed by atoms with E-state index in [1.165, 1.54) is 25.1 Å². The molecule has 0 aliphatic carbocycles. The number of hydrogen-bond donors (Lipinski definition) is 4. The molecule has 0 unspecified atom stereocenters. The summed E-state index contributed by atoms with van der Waals surface area (Å²) in [6.07, 6.45) is 0. The Kier molecular flexibility index (Phi) is 5.91. The second kappa shape index (κ2) is 8.54. The summed E-state index contributed by atoms with van der Waals surface area (Å²) < 4.78 is 5.88. The summed E-state index contributed by atoms with van der Waals surface area (Å²) in [5.74, 6) is 0.906. The molecule has 1 amide bonds. The Bertz CT molecular complexity index is 1010. The maximum atomic E-state index is 11.4. The van der Waals surface area contributed by atoms with Gasteiger partial charge in [0.15, 0.2) is 5.75 Å². The van der Waals surface area contributed by atoms with Crippen molar-refractivity contribution in [3.63, 3.8) is 0 Å². The van der Waals surface area contributed by atoms with Crippen molar-refractivity contribution in [2.75, 3.05) is 10.6 Å². The summed E-state index contributed by atoms with van der Waals surface area (Å²) in [5, 5.41) is 25.5. The van der Waals surface area contributed by atoms with Crippen LogP contribution in [0.3, 0.4) is 0 Å². The highest BCUT2D eigenvalue weighted by Crippen LogP contribution is 2.35. The Morgan fingerprint density at radius 3 is 2.43 bits per heavy atom. The summed E-state index contributed by atoms with van der Waals surface area (Å²) in [6, 6.07) is 16.5. The summed E-state index contributed by atoms with van der Waals surface area (Å²) in [7, 11) is 0. The van der Waals surface area contributed by atoms with Crippen LogP contribution in [0.15, 0.2) is 60.7 Å². The molecule has 0 saturated heterocycles. The second-order valence-electron chi connectivity index (χ2n) is 6.09. The zero-order valence-electron chi connectivity index (χ0n) is 15.1. The largest absolute Gasteiger partial charge is 0.508 e. The third-order valence-corrected chi connectivity index (χ3v) is 4.19. The van der Waals surface area contributed by atoms with E-state index in [0.29, 0.717) is 35.0 Å². The van der Waals surface area contributed by atoms with Crippen molar-refractivity contribution in [1.29, 1.82) is 0 Å². The molecular formula is C21H19ClN2O4. The van der Waals surface area contributed by atoms with E-state index < -0.39 is 0 Å². The molecule has 0 radical (unpaired) electrons. The number of anilines is 2. The number of benzene rings is 3. The average Bonchev–Trinajstić information content (AvgIpc) is 2.65. The first kappa shape index (κ1) is 19.4. The van der Waals surface area contributed by atoms with E-state index in [9.17, 15) is 15.0 Å². The summed E-state index contributed by atoms with van der Waals surface area (Å²) in [6.45, 7) is 1.77. The van der Waals surface area contributed by atoms with E-state index >= 15 is 0 Å². The number of carbonyl (C=O) groups is 1. The molecule has 0 aromatic heterocycles. The Balaban J connectivity index is 1.81. The Hall–Kier alpha value is -3.38. The van der Waals surface area contributed by atoms with Crippen LogP contribution >= 0.6 is 11.6 Å². The second-order valence-corrected chi connectivity index (χ2v) is 6.50. The average molecular weight is 399 g/mol. The first-order valence-corrected chi connectivity index (χ1v) is 8.89. The number of halogens is 1. The number of amides is 1. The van der Waals surface area contributed by atoms with Crippen LogP contribution in [0.4, 0.5) is 11.4 Å². The smallest absolute Gasteiger partial charge is 0.221 e. The van der Waals surface area contributed by atoms with Crippen molar-refractivity contribution in [2.24, 2.45) is 0 Å². The standard InChI is InChI=1S/C21H19ClN2O4/c1-13(25)24-18-8-6-15(26)10-14(18)12-23-19-4-2-3-5-21(19)28-20-9-7-16(27)11-17(20)22/h2-11,23,26-27H,12H2,1H3,(H,24,25). The van der Waals surface area contributed by atoms with E-state index in [1.807, 2.05) is 18.2 Å². The Morgan fingerprint density at radius 1 is 0.964 bits per heavy atom. The third kappa shape index (κ3) is 4.86. The molecule has 7 heteroatoms. The van der Waals surface area contributed by atoms with Crippen LogP contribution in [0.5, 0.6) is 23.0 Å². The van der Waals surface area contributed by atoms with Crippen LogP contribution in [0.2, 0.25) is 5.02 Å². The zero-order valence-corrected chi connectivity index (χ0v) is 15.8. The number of para-hydroxylation sites is 2. The van der Waals surface area contributed by atoms with Gasteiger partial charge in [-0.15, -0.1) is 0 Å². The SMILES string of the molecule is CC(=O)Nc1ccc(O)cc1CNc1ccccc1Oc1ccc(O)cc1Cl. The van der Waals surface area contributed by atoms with Gasteiger partial charge in [-0.2, -0.15) is 0 Å². The summed E-state index contributed by atoms with van der Waals surface area (Å²) in [4.78, 5) is 11.4. The van der Waals surface area contributed by atoms with Gasteiger partial charge in [0.1, 0.15) is 17.2 Å². The number of rotatable bonds is 6. The molecule has 3 aromatic carbocycles. The lowest BCUT2D eigenvalue weighted by atomic mass is 10.1. The minimum atomic E-state index is -0.197. The lowest BCUT2D eigenvalue weighted by Gasteiger charge is -2.16. The van der Waals surface area contributed by atoms with Crippen molar-refractivity contribution >= 4 is 28.9 Å². The van der Waals surface area contributed by atoms with Crippen LogP contribution in [0.25, 0.3) is 0 Å². The van der Waals surface area contributed by atoms with Gasteiger partial charge in [-0.25, -0.2) is 0 Å². The van der Waals surface area contributed by atoms with Gasteiger partial charge in [0.05, 0.1) is 10.7 Å². The van der Waals surface area contributed by atoms with Crippen molar-refractivity contribution in [3.05, 3.63) is 71.2 Å². The molecule has 0 aliphatic heterocycles. The van der Waals surface area contributed by atoms with Gasteiger partial charge in [0.2, 0.25) is 5.91 Å². The molecule has 3 aromatic rings. The van der Waals surface area contributed by atoms with Crippen molar-refractivity contribution in [3.8, 4) is 23.0 Å². The fraction of sp³-hybridized carbons (Fsp3) is 0.0952. The number of aromatic hydroxyl groups is 2. The highest BCUT2D eigenvalue weighted by Gasteiger charge is 2.10. The number of ether oxygens (including phenoxy) is 1. The Morgan fingerprint density at radius 2 is 1.68 bits per heavy atom. The molecule has 144 valence electrons. The predicted molar refractivity (Wildman–Crippen MR) is 109 cm³/mol. The normalized spacial score (nSPS) is 10.4. The molecule has 0 saturated carbocycles. The van der Waals surface area contributed by atoms with E-state index in [1.54, 1.807) is 24.3 Å². The minimum absolute atomic E-state index is 0.0538. The quantitative estimate of drug-likeness (QED) is 0.433. The number of carbonyl (C=O) groups excluding carboxylic acids is 1. The highest BCUT2D eigenvalue weighted by atomic mass is 35.5. The molecule has 0 fully saturated rings. The summed E-state index contributed by atoms with van der Waals surface area (Å²) >= 11 is 6.12. The first-order valence-electron chi connectivity index (χ1n) is 8.51. The van der Waals surface area contributed by atoms with Gasteiger partial charge in [-0.3, -0.25) is 4.79 Å². The molecule has 0 heterocycles. The van der Waals surface area contributed by atoms with E-state index in [4.69, 9.17) is 16.3 Å². The lowest BCUT2D eigenvalue weighted by Crippen LogP contribution is -2.10. The van der Waals surface area contributed by atoms with Crippen molar-refractivity contribution in [1.82, 2.24) is 0 Å². The molecular weight excluding hydrogens is 380 g/mol. The van der Waals surface area contributed by atoms with Crippen LogP contribution in [0.1, 0.15) is 12.5 Å². The summed E-state index contributed by atoms with van der Waals surface area (Å²) in [5.41, 5.74) is 2.02. The van der Waals surface area contributed by atoms with E-state index in [-0.39, 0.29) is 22.4 Å². The van der Waals surface area contributed by atoms with Gasteiger partial charge in [-0.05, 0) is 48.0 Å². The molecule has 3 rings (SSSR count). The van der Waals surface area contributed by atoms with Gasteiger partial charge < -0.3 is 25.6 Å². The maximum Gasteiger partial charge on any atom is 0.221 e. The van der Waals surface area contributed by atoms with Crippen molar-refractivity contribution in [2.45, 2.75) is 13.5 Å². The van der Waals surface area contributed by atoms with E-state index in [2.05, 4.69) is 10.6 Å².